The van der Waals surface area contributed by atoms with Crippen molar-refractivity contribution in [2.75, 3.05) is 0 Å². The molecule has 0 fully saturated rings. The van der Waals surface area contributed by atoms with Crippen LogP contribution in [0, 0.1) is 11.3 Å². The highest BCUT2D eigenvalue weighted by Gasteiger charge is 2.33. The molecule has 4 aromatic rings. The lowest BCUT2D eigenvalue weighted by molar-refractivity contribution is -0.137. The Hall–Kier alpha value is -3.43. The lowest BCUT2D eigenvalue weighted by Crippen LogP contribution is -2.05. The van der Waals surface area contributed by atoms with E-state index in [1.807, 2.05) is 24.3 Å². The Morgan fingerprint density at radius 1 is 1.10 bits per heavy atom. The Labute approximate surface area is 168 Å². The quantitative estimate of drug-likeness (QED) is 0.363. The molecule has 0 atom stereocenters. The Morgan fingerprint density at radius 2 is 1.90 bits per heavy atom. The molecule has 2 heterocycles. The number of hydrogen-bond donors (Lipinski definition) is 1. The maximum atomic E-state index is 13.1. The van der Waals surface area contributed by atoms with Gasteiger partial charge in [0.2, 0.25) is 0 Å². The van der Waals surface area contributed by atoms with Gasteiger partial charge in [-0.25, -0.2) is 0 Å². The van der Waals surface area contributed by atoms with Gasteiger partial charge in [0.1, 0.15) is 11.5 Å². The molecule has 0 saturated heterocycles. The normalized spacial score (nSPS) is 12.3. The van der Waals surface area contributed by atoms with E-state index < -0.39 is 11.7 Å². The third kappa shape index (κ3) is 3.65. The molecule has 0 unspecified atom stereocenters. The van der Waals surface area contributed by atoms with E-state index in [9.17, 15) is 18.4 Å². The van der Waals surface area contributed by atoms with Crippen molar-refractivity contribution in [3.05, 3.63) is 82.7 Å². The number of nitriles is 1. The van der Waals surface area contributed by atoms with Crippen LogP contribution >= 0.6 is 11.6 Å². The number of rotatable bonds is 3. The summed E-state index contributed by atoms with van der Waals surface area (Å²) in [6, 6.07) is 16.4. The van der Waals surface area contributed by atoms with Gasteiger partial charge in [-0.3, -0.25) is 0 Å². The van der Waals surface area contributed by atoms with Crippen LogP contribution < -0.4 is 0 Å². The number of hydrogen-bond acceptors (Lipinski definition) is 2. The third-order valence-electron chi connectivity index (χ3n) is 4.47. The fourth-order valence-electron chi connectivity index (χ4n) is 3.09. The van der Waals surface area contributed by atoms with Gasteiger partial charge in [0.05, 0.1) is 22.2 Å². The molecular formula is C22H12ClF3N2O. The Balaban J connectivity index is 1.72. The largest absolute Gasteiger partial charge is 0.457 e. The van der Waals surface area contributed by atoms with Gasteiger partial charge >= 0.3 is 6.18 Å². The zero-order valence-electron chi connectivity index (χ0n) is 14.7. The van der Waals surface area contributed by atoms with E-state index in [1.165, 1.54) is 12.1 Å². The molecule has 2 aromatic heterocycles. The van der Waals surface area contributed by atoms with E-state index >= 15 is 0 Å². The highest BCUT2D eigenvalue weighted by molar-refractivity contribution is 6.31. The number of aromatic amines is 1. The van der Waals surface area contributed by atoms with Crippen LogP contribution in [-0.2, 0) is 6.18 Å². The maximum absolute atomic E-state index is 13.1. The summed E-state index contributed by atoms with van der Waals surface area (Å²) in [4.78, 5) is 3.10. The van der Waals surface area contributed by atoms with Gasteiger partial charge in [0, 0.05) is 28.2 Å². The molecule has 29 heavy (non-hydrogen) atoms. The Bertz CT molecular complexity index is 1280. The first-order valence-electron chi connectivity index (χ1n) is 8.52. The number of aromatic nitrogens is 1. The summed E-state index contributed by atoms with van der Waals surface area (Å²) >= 11 is 5.67. The predicted octanol–water partition coefficient (Wildman–Crippen LogP) is 7.16. The first kappa shape index (κ1) is 18.9. The van der Waals surface area contributed by atoms with Crippen LogP contribution in [-0.4, -0.2) is 4.98 Å². The number of fused-ring (bicyclic) bond motifs is 1. The van der Waals surface area contributed by atoms with Crippen molar-refractivity contribution in [1.82, 2.24) is 4.98 Å². The molecule has 0 amide bonds. The molecule has 0 radical (unpaired) electrons. The van der Waals surface area contributed by atoms with Crippen molar-refractivity contribution in [2.45, 2.75) is 6.18 Å². The van der Waals surface area contributed by atoms with Gasteiger partial charge in [-0.2, -0.15) is 18.4 Å². The van der Waals surface area contributed by atoms with E-state index in [1.54, 1.807) is 24.4 Å². The molecule has 3 nitrogen and oxygen atoms in total. The Morgan fingerprint density at radius 3 is 2.66 bits per heavy atom. The average molecular weight is 413 g/mol. The van der Waals surface area contributed by atoms with Crippen LogP contribution in [0.1, 0.15) is 16.9 Å². The Kier molecular flexibility index (Phi) is 4.69. The van der Waals surface area contributed by atoms with Gasteiger partial charge in [0.25, 0.3) is 0 Å². The minimum Gasteiger partial charge on any atom is -0.457 e. The van der Waals surface area contributed by atoms with Crippen molar-refractivity contribution in [3.63, 3.8) is 0 Å². The number of furan rings is 1. The molecule has 144 valence electrons. The van der Waals surface area contributed by atoms with Gasteiger partial charge in [0.15, 0.2) is 0 Å². The number of para-hydroxylation sites is 1. The van der Waals surface area contributed by atoms with Crippen molar-refractivity contribution in [2.24, 2.45) is 0 Å². The van der Waals surface area contributed by atoms with Crippen LogP contribution in [0.2, 0.25) is 5.02 Å². The number of H-pyrrole nitrogens is 1. The SMILES string of the molecule is N#CC(=Cc1ccc(-c2ccc(Cl)c(C(F)(F)F)c2)o1)c1c[nH]c2ccccc12. The molecule has 0 aliphatic rings. The maximum Gasteiger partial charge on any atom is 0.417 e. The number of benzene rings is 2. The van der Waals surface area contributed by atoms with Crippen LogP contribution in [0.25, 0.3) is 33.9 Å². The second-order valence-corrected chi connectivity index (χ2v) is 6.72. The summed E-state index contributed by atoms with van der Waals surface area (Å²) in [7, 11) is 0. The molecule has 0 saturated carbocycles. The molecular weight excluding hydrogens is 401 g/mol. The van der Waals surface area contributed by atoms with Gasteiger partial charge in [-0.1, -0.05) is 29.8 Å². The summed E-state index contributed by atoms with van der Waals surface area (Å²) in [5.41, 5.74) is 1.29. The zero-order valence-corrected chi connectivity index (χ0v) is 15.5. The van der Waals surface area contributed by atoms with Crippen LogP contribution in [0.15, 0.2) is 65.2 Å². The van der Waals surface area contributed by atoms with Gasteiger partial charge < -0.3 is 9.40 Å². The topological polar surface area (TPSA) is 52.7 Å². The number of nitrogens with one attached hydrogen (secondary N) is 1. The molecule has 0 bridgehead atoms. The van der Waals surface area contributed by atoms with Crippen LogP contribution in [0.3, 0.4) is 0 Å². The van der Waals surface area contributed by atoms with Crippen LogP contribution in [0.4, 0.5) is 13.2 Å². The fourth-order valence-corrected chi connectivity index (χ4v) is 3.31. The summed E-state index contributed by atoms with van der Waals surface area (Å²) in [6.45, 7) is 0. The van der Waals surface area contributed by atoms with E-state index in [4.69, 9.17) is 16.0 Å². The van der Waals surface area contributed by atoms with Crippen molar-refractivity contribution >= 4 is 34.2 Å². The van der Waals surface area contributed by atoms with Crippen molar-refractivity contribution < 1.29 is 17.6 Å². The van der Waals surface area contributed by atoms with E-state index in [2.05, 4.69) is 11.1 Å². The monoisotopic (exact) mass is 412 g/mol. The number of halogens is 4. The molecule has 0 aliphatic heterocycles. The second-order valence-electron chi connectivity index (χ2n) is 6.31. The average Bonchev–Trinajstić information content (AvgIpc) is 3.33. The number of alkyl halides is 3. The summed E-state index contributed by atoms with van der Waals surface area (Å²) in [6.07, 6.45) is -1.27. The smallest absolute Gasteiger partial charge is 0.417 e. The zero-order chi connectivity index (χ0) is 20.6. The van der Waals surface area contributed by atoms with Crippen molar-refractivity contribution in [1.29, 1.82) is 5.26 Å². The van der Waals surface area contributed by atoms with E-state index in [0.29, 0.717) is 16.9 Å². The minimum atomic E-state index is -4.56. The predicted molar refractivity (Wildman–Crippen MR) is 106 cm³/mol. The summed E-state index contributed by atoms with van der Waals surface area (Å²) < 4.78 is 44.9. The van der Waals surface area contributed by atoms with Crippen molar-refractivity contribution in [3.8, 4) is 17.4 Å². The highest BCUT2D eigenvalue weighted by Crippen LogP contribution is 2.37. The molecule has 4 rings (SSSR count). The lowest BCUT2D eigenvalue weighted by atomic mass is 10.1. The van der Waals surface area contributed by atoms with Gasteiger partial charge in [-0.05, 0) is 42.5 Å². The second kappa shape index (κ2) is 7.19. The molecule has 0 aliphatic carbocycles. The number of nitrogens with zero attached hydrogens (tertiary/aromatic N) is 1. The summed E-state index contributed by atoms with van der Waals surface area (Å²) in [5.74, 6) is 0.597. The third-order valence-corrected chi connectivity index (χ3v) is 4.80. The molecule has 1 N–H and O–H groups in total. The van der Waals surface area contributed by atoms with E-state index in [0.717, 1.165) is 17.0 Å². The molecule has 2 aromatic carbocycles. The highest BCUT2D eigenvalue weighted by atomic mass is 35.5. The standard InChI is InChI=1S/C22H12ClF3N2O/c23-19-7-5-13(10-18(19)22(24,25)26)21-8-6-15(29-21)9-14(11-27)17-12-28-20-4-2-1-3-16(17)20/h1-10,12,28H. The molecule has 7 heteroatoms. The van der Waals surface area contributed by atoms with Crippen LogP contribution in [0.5, 0.6) is 0 Å². The summed E-state index contributed by atoms with van der Waals surface area (Å²) in [5, 5.41) is 10.1. The van der Waals surface area contributed by atoms with E-state index in [-0.39, 0.29) is 16.3 Å². The first-order valence-corrected chi connectivity index (χ1v) is 8.90. The fraction of sp³-hybridized carbons (Fsp3) is 0.0455. The lowest BCUT2D eigenvalue weighted by Gasteiger charge is -2.09. The molecule has 0 spiro atoms. The first-order chi connectivity index (χ1) is 13.9. The minimum absolute atomic E-state index is 0.243. The van der Waals surface area contributed by atoms with Gasteiger partial charge in [-0.15, -0.1) is 0 Å². The number of allylic oxidation sites excluding steroid dienone is 1.